The van der Waals surface area contributed by atoms with Gasteiger partial charge in [-0.15, -0.1) is 0 Å². The molecule has 0 atom stereocenters. The van der Waals surface area contributed by atoms with Crippen molar-refractivity contribution < 1.29 is 23.5 Å². The molecule has 10 heteroatoms. The Kier molecular flexibility index (Phi) is 6.99. The number of carbonyl (C=O) groups excluding carboxylic acids is 3. The van der Waals surface area contributed by atoms with Gasteiger partial charge < -0.3 is 24.7 Å². The zero-order chi connectivity index (χ0) is 25.1. The van der Waals surface area contributed by atoms with E-state index >= 15 is 0 Å². The smallest absolute Gasteiger partial charge is 0.294 e. The van der Waals surface area contributed by atoms with Crippen LogP contribution in [0.2, 0.25) is 0 Å². The van der Waals surface area contributed by atoms with Crippen LogP contribution >= 0.6 is 0 Å². The lowest BCUT2D eigenvalue weighted by Crippen LogP contribution is -2.35. The Morgan fingerprint density at radius 1 is 1.03 bits per heavy atom. The Bertz CT molecular complexity index is 1240. The molecule has 2 N–H and O–H groups in total. The summed E-state index contributed by atoms with van der Waals surface area (Å²) < 4.78 is 11.2. The van der Waals surface area contributed by atoms with Crippen LogP contribution in [0.15, 0.2) is 35.0 Å². The van der Waals surface area contributed by atoms with Crippen molar-refractivity contribution in [2.45, 2.75) is 32.6 Å². The molecular weight excluding hydrogens is 450 g/mol. The summed E-state index contributed by atoms with van der Waals surface area (Å²) >= 11 is 0. The highest BCUT2D eigenvalue weighted by atomic mass is 16.5. The first-order valence-corrected chi connectivity index (χ1v) is 11.5. The lowest BCUT2D eigenvalue weighted by atomic mass is 9.81. The molecule has 35 heavy (non-hydrogen) atoms. The quantitative estimate of drug-likeness (QED) is 0.553. The van der Waals surface area contributed by atoms with Gasteiger partial charge in [0.25, 0.3) is 5.91 Å². The normalized spacial score (nSPS) is 17.6. The predicted molar refractivity (Wildman–Crippen MR) is 130 cm³/mol. The number of fused-ring (bicyclic) bond motifs is 1. The van der Waals surface area contributed by atoms with Crippen LogP contribution in [0.4, 0.5) is 11.5 Å². The molecule has 184 valence electrons. The minimum atomic E-state index is -0.560. The van der Waals surface area contributed by atoms with Gasteiger partial charge in [0.15, 0.2) is 0 Å². The summed E-state index contributed by atoms with van der Waals surface area (Å²) in [5, 5.41) is 6.00. The van der Waals surface area contributed by atoms with E-state index in [0.29, 0.717) is 42.5 Å². The van der Waals surface area contributed by atoms with E-state index in [2.05, 4.69) is 20.6 Å². The molecule has 0 aromatic carbocycles. The van der Waals surface area contributed by atoms with E-state index in [1.54, 1.807) is 37.3 Å². The van der Waals surface area contributed by atoms with Crippen molar-refractivity contribution in [3.05, 3.63) is 41.9 Å². The largest absolute Gasteiger partial charge is 0.480 e. The second-order valence-electron chi connectivity index (χ2n) is 8.94. The molecule has 0 radical (unpaired) electrons. The number of anilines is 2. The molecule has 4 rings (SSSR count). The van der Waals surface area contributed by atoms with Crippen molar-refractivity contribution in [1.29, 1.82) is 0 Å². The third-order valence-corrected chi connectivity index (χ3v) is 6.26. The van der Waals surface area contributed by atoms with Gasteiger partial charge in [-0.05, 0) is 44.2 Å². The fourth-order valence-electron chi connectivity index (χ4n) is 4.36. The topological polar surface area (TPSA) is 127 Å². The number of methoxy groups -OCH3 is 1. The fourth-order valence-corrected chi connectivity index (χ4v) is 4.36. The van der Waals surface area contributed by atoms with Crippen LogP contribution < -0.4 is 15.4 Å². The Morgan fingerprint density at radius 3 is 2.37 bits per heavy atom. The van der Waals surface area contributed by atoms with Crippen LogP contribution in [0.5, 0.6) is 5.88 Å². The predicted octanol–water partition coefficient (Wildman–Crippen LogP) is 3.63. The maximum absolute atomic E-state index is 13.2. The van der Waals surface area contributed by atoms with Gasteiger partial charge >= 0.3 is 0 Å². The molecule has 0 unspecified atom stereocenters. The number of pyridine rings is 2. The van der Waals surface area contributed by atoms with Gasteiger partial charge in [-0.25, -0.2) is 9.97 Å². The molecule has 1 fully saturated rings. The highest BCUT2D eigenvalue weighted by molar-refractivity contribution is 6.15. The van der Waals surface area contributed by atoms with E-state index in [-0.39, 0.29) is 41.0 Å². The van der Waals surface area contributed by atoms with E-state index < -0.39 is 5.91 Å². The number of hydrogen-bond donors (Lipinski definition) is 2. The van der Waals surface area contributed by atoms with Gasteiger partial charge in [-0.2, -0.15) is 0 Å². The van der Waals surface area contributed by atoms with Gasteiger partial charge in [-0.1, -0.05) is 6.07 Å². The molecule has 0 saturated heterocycles. The highest BCUT2D eigenvalue weighted by Crippen LogP contribution is 2.38. The van der Waals surface area contributed by atoms with Gasteiger partial charge in [0.2, 0.25) is 23.5 Å². The van der Waals surface area contributed by atoms with Crippen LogP contribution in [0, 0.1) is 18.8 Å². The van der Waals surface area contributed by atoms with E-state index in [1.165, 1.54) is 13.3 Å². The summed E-state index contributed by atoms with van der Waals surface area (Å²) in [4.78, 5) is 48.6. The lowest BCUT2D eigenvalue weighted by molar-refractivity contribution is -0.135. The van der Waals surface area contributed by atoms with E-state index in [1.807, 2.05) is 13.0 Å². The van der Waals surface area contributed by atoms with E-state index in [4.69, 9.17) is 9.15 Å². The Balaban J connectivity index is 1.59. The van der Waals surface area contributed by atoms with Gasteiger partial charge in [0.1, 0.15) is 22.5 Å². The fraction of sp³-hybridized carbons (Fsp3) is 0.400. The molecule has 3 amide bonds. The second-order valence-corrected chi connectivity index (χ2v) is 8.94. The number of carbonyl (C=O) groups is 3. The van der Waals surface area contributed by atoms with Crippen LogP contribution in [0.3, 0.4) is 0 Å². The van der Waals surface area contributed by atoms with Crippen molar-refractivity contribution in [3.8, 4) is 5.88 Å². The molecule has 1 aliphatic rings. The van der Waals surface area contributed by atoms with E-state index in [9.17, 15) is 14.4 Å². The summed E-state index contributed by atoms with van der Waals surface area (Å²) in [7, 11) is 4.94. The molecule has 3 aromatic heterocycles. The standard InChI is InChI=1S/C25H29N5O5/c1-14-5-10-18(27-13-14)28-23(32)21-20(19-17(35-21)11-12-26-24(19)34-4)29-22(31)15-6-8-16(9-7-15)25(33)30(2)3/h5,10-13,15-16H,6-9H2,1-4H3,(H,29,31)(H,27,28,32)/t15-,16-. The molecular formula is C25H29N5O5. The Hall–Kier alpha value is -3.95. The molecule has 0 bridgehead atoms. The summed E-state index contributed by atoms with van der Waals surface area (Å²) in [6, 6.07) is 5.12. The second kappa shape index (κ2) is 10.1. The molecule has 3 aromatic rings. The minimum absolute atomic E-state index is 0.0708. The number of ether oxygens (including phenoxy) is 1. The summed E-state index contributed by atoms with van der Waals surface area (Å²) in [5.41, 5.74) is 1.51. The monoisotopic (exact) mass is 479 g/mol. The van der Waals surface area contributed by atoms with Crippen molar-refractivity contribution in [2.24, 2.45) is 11.8 Å². The highest BCUT2D eigenvalue weighted by Gasteiger charge is 2.33. The Labute approximate surface area is 203 Å². The molecule has 3 heterocycles. The number of hydrogen-bond acceptors (Lipinski definition) is 7. The van der Waals surface area contributed by atoms with Crippen molar-refractivity contribution in [3.63, 3.8) is 0 Å². The lowest BCUT2D eigenvalue weighted by Gasteiger charge is -2.28. The molecule has 1 saturated carbocycles. The number of aryl methyl sites for hydroxylation is 1. The number of aromatic nitrogens is 2. The first-order valence-electron chi connectivity index (χ1n) is 11.5. The van der Waals surface area contributed by atoms with Crippen LogP contribution in [-0.4, -0.2) is 53.8 Å². The third-order valence-electron chi connectivity index (χ3n) is 6.26. The third kappa shape index (κ3) is 5.11. The summed E-state index contributed by atoms with van der Waals surface area (Å²) in [6.45, 7) is 1.90. The van der Waals surface area contributed by atoms with Crippen molar-refractivity contribution >= 4 is 40.2 Å². The number of furan rings is 1. The maximum atomic E-state index is 13.2. The van der Waals surface area contributed by atoms with Crippen molar-refractivity contribution in [2.75, 3.05) is 31.8 Å². The van der Waals surface area contributed by atoms with Crippen LogP contribution in [0.25, 0.3) is 11.0 Å². The average molecular weight is 480 g/mol. The molecule has 1 aliphatic carbocycles. The van der Waals surface area contributed by atoms with Crippen LogP contribution in [-0.2, 0) is 9.59 Å². The van der Waals surface area contributed by atoms with Crippen LogP contribution in [0.1, 0.15) is 41.8 Å². The molecule has 10 nitrogen and oxygen atoms in total. The zero-order valence-electron chi connectivity index (χ0n) is 20.3. The van der Waals surface area contributed by atoms with Crippen molar-refractivity contribution in [1.82, 2.24) is 14.9 Å². The van der Waals surface area contributed by atoms with E-state index in [0.717, 1.165) is 5.56 Å². The molecule has 0 spiro atoms. The Morgan fingerprint density at radius 2 is 1.74 bits per heavy atom. The number of rotatable bonds is 6. The minimum Gasteiger partial charge on any atom is -0.480 e. The first kappa shape index (κ1) is 24.2. The summed E-state index contributed by atoms with van der Waals surface area (Å²) in [5.74, 6) is -0.559. The number of nitrogens with zero attached hydrogens (tertiary/aromatic N) is 3. The molecule has 0 aliphatic heterocycles. The maximum Gasteiger partial charge on any atom is 0.294 e. The van der Waals surface area contributed by atoms with Gasteiger partial charge in [0, 0.05) is 44.4 Å². The van der Waals surface area contributed by atoms with Gasteiger partial charge in [-0.3, -0.25) is 14.4 Å². The number of nitrogens with one attached hydrogen (secondary N) is 2. The average Bonchev–Trinajstić information content (AvgIpc) is 3.23. The summed E-state index contributed by atoms with van der Waals surface area (Å²) in [6.07, 6.45) is 5.58. The first-order chi connectivity index (χ1) is 16.8. The van der Waals surface area contributed by atoms with Gasteiger partial charge in [0.05, 0.1) is 7.11 Å². The SMILES string of the molecule is COc1nccc2oc(C(=O)Nc3ccc(C)cn3)c(NC(=O)[C@H]3CC[C@H](C(=O)N(C)C)CC3)c12. The zero-order valence-corrected chi connectivity index (χ0v) is 20.3. The number of amides is 3.